The number of aromatic nitrogens is 2. The number of amidine groups is 1. The van der Waals surface area contributed by atoms with E-state index < -0.39 is 0 Å². The van der Waals surface area contributed by atoms with Crippen LogP contribution >= 0.6 is 0 Å². The molecule has 0 atom stereocenters. The molecule has 1 aliphatic heterocycles. The van der Waals surface area contributed by atoms with Crippen LogP contribution < -0.4 is 5.73 Å². The number of hydrogen-bond acceptors (Lipinski definition) is 6. The van der Waals surface area contributed by atoms with Gasteiger partial charge in [-0.25, -0.2) is 4.63 Å². The smallest absolute Gasteiger partial charge is 0.201 e. The minimum atomic E-state index is 0.147. The molecule has 0 aliphatic carbocycles. The van der Waals surface area contributed by atoms with Gasteiger partial charge in [-0.1, -0.05) is 5.16 Å². The third kappa shape index (κ3) is 1.85. The first kappa shape index (κ1) is 9.75. The van der Waals surface area contributed by atoms with Crippen molar-refractivity contribution >= 4 is 11.7 Å². The second-order valence-electron chi connectivity index (χ2n) is 3.47. The van der Waals surface area contributed by atoms with Crippen molar-refractivity contribution in [2.75, 3.05) is 18.8 Å². The molecule has 3 N–H and O–H groups in total. The SMILES string of the molecule is Nc1nonc1/C(=N/O)N1CCCCC1. The van der Waals surface area contributed by atoms with Crippen LogP contribution in [0, 0.1) is 0 Å². The Morgan fingerprint density at radius 1 is 1.33 bits per heavy atom. The van der Waals surface area contributed by atoms with Gasteiger partial charge in [-0.05, 0) is 29.6 Å². The first-order chi connectivity index (χ1) is 7.33. The number of likely N-dealkylation sites (tertiary alicyclic amines) is 1. The van der Waals surface area contributed by atoms with E-state index in [-0.39, 0.29) is 5.82 Å². The number of rotatable bonds is 1. The van der Waals surface area contributed by atoms with Crippen molar-refractivity contribution in [2.45, 2.75) is 19.3 Å². The number of piperidine rings is 1. The summed E-state index contributed by atoms with van der Waals surface area (Å²) in [6.07, 6.45) is 3.34. The van der Waals surface area contributed by atoms with E-state index in [1.165, 1.54) is 6.42 Å². The van der Waals surface area contributed by atoms with Crippen LogP contribution in [0.3, 0.4) is 0 Å². The molecule has 0 spiro atoms. The van der Waals surface area contributed by atoms with Gasteiger partial charge in [0.2, 0.25) is 5.84 Å². The van der Waals surface area contributed by atoms with Gasteiger partial charge >= 0.3 is 0 Å². The summed E-state index contributed by atoms with van der Waals surface area (Å²) in [7, 11) is 0. The Morgan fingerprint density at radius 2 is 2.07 bits per heavy atom. The first-order valence-electron chi connectivity index (χ1n) is 4.88. The van der Waals surface area contributed by atoms with Gasteiger partial charge in [-0.15, -0.1) is 0 Å². The number of nitrogen functional groups attached to an aromatic ring is 1. The Morgan fingerprint density at radius 3 is 2.60 bits per heavy atom. The highest BCUT2D eigenvalue weighted by Crippen LogP contribution is 2.15. The van der Waals surface area contributed by atoms with Crippen molar-refractivity contribution in [1.82, 2.24) is 15.2 Å². The van der Waals surface area contributed by atoms with Crippen molar-refractivity contribution in [2.24, 2.45) is 5.16 Å². The van der Waals surface area contributed by atoms with Crippen LogP contribution in [0.1, 0.15) is 25.0 Å². The summed E-state index contributed by atoms with van der Waals surface area (Å²) in [4.78, 5) is 1.93. The summed E-state index contributed by atoms with van der Waals surface area (Å²) in [5, 5.41) is 19.2. The summed E-state index contributed by atoms with van der Waals surface area (Å²) in [6, 6.07) is 0. The molecule has 1 fully saturated rings. The maximum atomic E-state index is 8.96. The Balaban J connectivity index is 2.21. The van der Waals surface area contributed by atoms with Gasteiger partial charge in [0, 0.05) is 13.1 Å². The average Bonchev–Trinajstić information content (AvgIpc) is 2.68. The van der Waals surface area contributed by atoms with E-state index in [0.29, 0.717) is 11.5 Å². The highest BCUT2D eigenvalue weighted by atomic mass is 16.6. The zero-order valence-corrected chi connectivity index (χ0v) is 8.26. The molecule has 82 valence electrons. The van der Waals surface area contributed by atoms with Crippen LogP contribution in [-0.4, -0.2) is 39.3 Å². The van der Waals surface area contributed by atoms with E-state index in [1.54, 1.807) is 0 Å². The van der Waals surface area contributed by atoms with Crippen molar-refractivity contribution < 1.29 is 9.84 Å². The van der Waals surface area contributed by atoms with Crippen molar-refractivity contribution in [3.8, 4) is 0 Å². The zero-order valence-electron chi connectivity index (χ0n) is 8.26. The molecule has 7 heteroatoms. The molecule has 15 heavy (non-hydrogen) atoms. The lowest BCUT2D eigenvalue weighted by molar-refractivity contribution is 0.280. The van der Waals surface area contributed by atoms with E-state index in [0.717, 1.165) is 25.9 Å². The summed E-state index contributed by atoms with van der Waals surface area (Å²) >= 11 is 0. The highest BCUT2D eigenvalue weighted by Gasteiger charge is 2.22. The van der Waals surface area contributed by atoms with Gasteiger partial charge in [-0.2, -0.15) is 0 Å². The average molecular weight is 211 g/mol. The maximum Gasteiger partial charge on any atom is 0.201 e. The molecule has 0 saturated carbocycles. The topological polar surface area (TPSA) is 101 Å². The monoisotopic (exact) mass is 211 g/mol. The fourth-order valence-electron chi connectivity index (χ4n) is 1.72. The molecule has 1 aliphatic rings. The summed E-state index contributed by atoms with van der Waals surface area (Å²) < 4.78 is 4.48. The van der Waals surface area contributed by atoms with Gasteiger partial charge < -0.3 is 15.8 Å². The Bertz CT molecular complexity index is 356. The predicted octanol–water partition coefficient (Wildman–Crippen LogP) is 0.273. The standard InChI is InChI=1S/C8H13N5O2/c9-7-6(11-15-12-7)8(10-14)13-4-2-1-3-5-13/h14H,1-5H2,(H2,9,12)/b10-8-. The van der Waals surface area contributed by atoms with Gasteiger partial charge in [0.1, 0.15) is 0 Å². The van der Waals surface area contributed by atoms with E-state index in [4.69, 9.17) is 10.9 Å². The lowest BCUT2D eigenvalue weighted by atomic mass is 10.1. The van der Waals surface area contributed by atoms with E-state index in [2.05, 4.69) is 20.1 Å². The van der Waals surface area contributed by atoms with Gasteiger partial charge in [0.25, 0.3) is 0 Å². The predicted molar refractivity (Wildman–Crippen MR) is 52.5 cm³/mol. The molecular formula is C8H13N5O2. The summed E-state index contributed by atoms with van der Waals surface area (Å²) in [5.74, 6) is 0.488. The summed E-state index contributed by atoms with van der Waals surface area (Å²) in [6.45, 7) is 1.68. The zero-order chi connectivity index (χ0) is 10.7. The molecule has 2 rings (SSSR count). The third-order valence-electron chi connectivity index (χ3n) is 2.48. The quantitative estimate of drug-likeness (QED) is 0.299. The minimum Gasteiger partial charge on any atom is -0.409 e. The van der Waals surface area contributed by atoms with Crippen molar-refractivity contribution in [1.29, 1.82) is 0 Å². The van der Waals surface area contributed by atoms with Crippen LogP contribution in [-0.2, 0) is 0 Å². The Kier molecular flexibility index (Phi) is 2.70. The van der Waals surface area contributed by atoms with Crippen LogP contribution in [0.4, 0.5) is 5.82 Å². The number of oxime groups is 1. The van der Waals surface area contributed by atoms with Crippen LogP contribution in [0.2, 0.25) is 0 Å². The summed E-state index contributed by atoms with van der Waals surface area (Å²) in [5.41, 5.74) is 5.84. The van der Waals surface area contributed by atoms with Crippen LogP contribution in [0.25, 0.3) is 0 Å². The van der Waals surface area contributed by atoms with E-state index in [1.807, 2.05) is 4.90 Å². The molecule has 0 aromatic carbocycles. The second kappa shape index (κ2) is 4.16. The number of nitrogens with two attached hydrogens (primary N) is 1. The lowest BCUT2D eigenvalue weighted by Crippen LogP contribution is -2.36. The molecule has 0 bridgehead atoms. The number of nitrogens with zero attached hydrogens (tertiary/aromatic N) is 4. The Labute approximate surface area is 86.5 Å². The normalized spacial score (nSPS) is 18.1. The second-order valence-corrected chi connectivity index (χ2v) is 3.47. The van der Waals surface area contributed by atoms with Crippen LogP contribution in [0.15, 0.2) is 9.78 Å². The van der Waals surface area contributed by atoms with E-state index in [9.17, 15) is 0 Å². The molecule has 0 radical (unpaired) electrons. The van der Waals surface area contributed by atoms with Crippen molar-refractivity contribution in [3.63, 3.8) is 0 Å². The largest absolute Gasteiger partial charge is 0.409 e. The molecule has 1 saturated heterocycles. The van der Waals surface area contributed by atoms with E-state index >= 15 is 0 Å². The van der Waals surface area contributed by atoms with Crippen molar-refractivity contribution in [3.05, 3.63) is 5.69 Å². The molecule has 2 heterocycles. The van der Waals surface area contributed by atoms with Crippen LogP contribution in [0.5, 0.6) is 0 Å². The number of hydrogen-bond donors (Lipinski definition) is 2. The molecule has 7 nitrogen and oxygen atoms in total. The highest BCUT2D eigenvalue weighted by molar-refractivity contribution is 6.00. The molecule has 0 unspecified atom stereocenters. The number of anilines is 1. The van der Waals surface area contributed by atoms with Gasteiger partial charge in [0.15, 0.2) is 11.5 Å². The Hall–Kier alpha value is -1.79. The molecule has 0 amide bonds. The molecule has 1 aromatic heterocycles. The minimum absolute atomic E-state index is 0.147. The van der Waals surface area contributed by atoms with Gasteiger partial charge in [-0.3, -0.25) is 0 Å². The first-order valence-corrected chi connectivity index (χ1v) is 4.88. The lowest BCUT2D eigenvalue weighted by Gasteiger charge is -2.27. The molecular weight excluding hydrogens is 198 g/mol. The maximum absolute atomic E-state index is 8.96. The fraction of sp³-hybridized carbons (Fsp3) is 0.625. The third-order valence-corrected chi connectivity index (χ3v) is 2.48. The van der Waals surface area contributed by atoms with Gasteiger partial charge in [0.05, 0.1) is 0 Å². The fourth-order valence-corrected chi connectivity index (χ4v) is 1.72. The molecule has 1 aromatic rings.